The topological polar surface area (TPSA) is 71.8 Å². The van der Waals surface area contributed by atoms with Crippen molar-refractivity contribution in [1.29, 1.82) is 0 Å². The summed E-state index contributed by atoms with van der Waals surface area (Å²) in [7, 11) is 0. The number of amides is 1. The Morgan fingerprint density at radius 2 is 1.81 bits per heavy atom. The van der Waals surface area contributed by atoms with Gasteiger partial charge in [-0.2, -0.15) is 18.2 Å². The molecule has 2 fully saturated rings. The zero-order valence-corrected chi connectivity index (χ0v) is 20.1. The predicted octanol–water partition coefficient (Wildman–Crippen LogP) is 5.61. The molecule has 11 heteroatoms. The maximum Gasteiger partial charge on any atom is 0.419 e. The van der Waals surface area contributed by atoms with Crippen LogP contribution in [0.4, 0.5) is 28.3 Å². The fourth-order valence-corrected chi connectivity index (χ4v) is 5.19. The zero-order chi connectivity index (χ0) is 25.8. The lowest BCUT2D eigenvalue weighted by atomic mass is 9.92. The Morgan fingerprint density at radius 1 is 1.11 bits per heavy atom. The van der Waals surface area contributed by atoms with Crippen molar-refractivity contribution < 1.29 is 27.1 Å². The summed E-state index contributed by atoms with van der Waals surface area (Å²) in [5.41, 5.74) is -0.925. The van der Waals surface area contributed by atoms with Gasteiger partial charge < -0.3 is 15.0 Å². The van der Waals surface area contributed by atoms with Crippen LogP contribution in [0, 0.1) is 17.7 Å². The summed E-state index contributed by atoms with van der Waals surface area (Å²) in [5, 5.41) is 7.88. The zero-order valence-electron chi connectivity index (χ0n) is 20.1. The minimum absolute atomic E-state index is 0.0622. The van der Waals surface area contributed by atoms with Gasteiger partial charge in [0.25, 0.3) is 0 Å². The standard InChI is InChI=1S/C25H27F4N5O2/c1-24(2,3)36-23(35)33-12-15-6-7-16(13-33)20(15)30-22-31-21-17(5-4-10-34(21)32-22)14-8-9-19(26)18(11-14)25(27,28)29/h4-5,8-11,15-16,20H,6-7,12-13H2,1-3H3,(H,30,32)/t15-,16+,20-. The van der Waals surface area contributed by atoms with Gasteiger partial charge in [0.2, 0.25) is 5.95 Å². The Bertz CT molecular complexity index is 1290. The van der Waals surface area contributed by atoms with Crippen LogP contribution in [-0.4, -0.2) is 50.3 Å². The molecule has 0 unspecified atom stereocenters. The predicted molar refractivity (Wildman–Crippen MR) is 125 cm³/mol. The summed E-state index contributed by atoms with van der Waals surface area (Å²) in [5.74, 6) is -0.564. The number of fused-ring (bicyclic) bond motifs is 3. The summed E-state index contributed by atoms with van der Waals surface area (Å²) >= 11 is 0. The number of hydrogen-bond donors (Lipinski definition) is 1. The number of halogens is 4. The van der Waals surface area contributed by atoms with Crippen molar-refractivity contribution in [2.45, 2.75) is 51.4 Å². The highest BCUT2D eigenvalue weighted by Gasteiger charge is 2.44. The number of likely N-dealkylation sites (tertiary alicyclic amines) is 1. The van der Waals surface area contributed by atoms with E-state index in [0.29, 0.717) is 30.2 Å². The molecule has 0 radical (unpaired) electrons. The lowest BCUT2D eigenvalue weighted by molar-refractivity contribution is -0.139. The van der Waals surface area contributed by atoms with Crippen molar-refractivity contribution in [3.05, 3.63) is 47.9 Å². The van der Waals surface area contributed by atoms with E-state index in [2.05, 4.69) is 15.4 Å². The van der Waals surface area contributed by atoms with E-state index in [1.54, 1.807) is 23.2 Å². The number of carbonyl (C=O) groups is 1. The van der Waals surface area contributed by atoms with Crippen molar-refractivity contribution in [1.82, 2.24) is 19.5 Å². The van der Waals surface area contributed by atoms with E-state index in [9.17, 15) is 22.4 Å². The average Bonchev–Trinajstić information content (AvgIpc) is 3.28. The van der Waals surface area contributed by atoms with Gasteiger partial charge in [-0.15, -0.1) is 5.10 Å². The Hall–Kier alpha value is -3.37. The van der Waals surface area contributed by atoms with Gasteiger partial charge in [-0.3, -0.25) is 0 Å². The summed E-state index contributed by atoms with van der Waals surface area (Å²) in [4.78, 5) is 18.9. The van der Waals surface area contributed by atoms with E-state index in [1.807, 2.05) is 20.8 Å². The van der Waals surface area contributed by atoms with Crippen LogP contribution in [0.5, 0.6) is 0 Å². The number of piperidine rings is 1. The van der Waals surface area contributed by atoms with E-state index >= 15 is 0 Å². The second-order valence-electron chi connectivity index (χ2n) is 10.5. The molecule has 2 bridgehead atoms. The van der Waals surface area contributed by atoms with Crippen molar-refractivity contribution in [2.75, 3.05) is 18.4 Å². The average molecular weight is 506 g/mol. The maximum absolute atomic E-state index is 13.8. The minimum atomic E-state index is -4.81. The van der Waals surface area contributed by atoms with Crippen LogP contribution in [0.3, 0.4) is 0 Å². The van der Waals surface area contributed by atoms with Crippen LogP contribution in [0.2, 0.25) is 0 Å². The number of nitrogens with one attached hydrogen (secondary N) is 1. The largest absolute Gasteiger partial charge is 0.444 e. The summed E-state index contributed by atoms with van der Waals surface area (Å²) < 4.78 is 60.6. The summed E-state index contributed by atoms with van der Waals surface area (Å²) in [6.07, 6.45) is -1.55. The van der Waals surface area contributed by atoms with Crippen LogP contribution in [-0.2, 0) is 10.9 Å². The smallest absolute Gasteiger partial charge is 0.419 e. The Balaban J connectivity index is 1.38. The molecule has 1 saturated heterocycles. The molecule has 1 saturated carbocycles. The van der Waals surface area contributed by atoms with Gasteiger partial charge in [0.05, 0.1) is 5.56 Å². The molecule has 3 atom stereocenters. The molecular formula is C25H27F4N5O2. The molecule has 1 aromatic carbocycles. The third-order valence-corrected chi connectivity index (χ3v) is 6.73. The highest BCUT2D eigenvalue weighted by atomic mass is 19.4. The molecule has 1 aliphatic carbocycles. The number of pyridine rings is 1. The number of anilines is 1. The molecule has 1 N–H and O–H groups in total. The molecule has 36 heavy (non-hydrogen) atoms. The minimum Gasteiger partial charge on any atom is -0.444 e. The van der Waals surface area contributed by atoms with Gasteiger partial charge in [0.15, 0.2) is 5.65 Å². The number of carbonyl (C=O) groups excluding carboxylic acids is 1. The van der Waals surface area contributed by atoms with Gasteiger partial charge in [-0.05, 0) is 75.3 Å². The number of nitrogens with zero attached hydrogens (tertiary/aromatic N) is 4. The molecule has 1 aliphatic heterocycles. The molecule has 2 aromatic heterocycles. The van der Waals surface area contributed by atoms with Gasteiger partial charge in [0.1, 0.15) is 11.4 Å². The first-order chi connectivity index (χ1) is 16.9. The fourth-order valence-electron chi connectivity index (χ4n) is 5.19. The van der Waals surface area contributed by atoms with E-state index in [0.717, 1.165) is 25.0 Å². The highest BCUT2D eigenvalue weighted by molar-refractivity contribution is 5.78. The van der Waals surface area contributed by atoms with Gasteiger partial charge in [-0.25, -0.2) is 13.7 Å². The fraction of sp³-hybridized carbons (Fsp3) is 0.480. The van der Waals surface area contributed by atoms with E-state index in [4.69, 9.17) is 4.74 Å². The molecule has 0 spiro atoms. The van der Waals surface area contributed by atoms with Crippen LogP contribution < -0.4 is 5.32 Å². The van der Waals surface area contributed by atoms with Crippen molar-refractivity contribution in [3.8, 4) is 11.1 Å². The van der Waals surface area contributed by atoms with Crippen LogP contribution in [0.25, 0.3) is 16.8 Å². The van der Waals surface area contributed by atoms with Gasteiger partial charge >= 0.3 is 12.3 Å². The third-order valence-electron chi connectivity index (χ3n) is 6.73. The molecule has 3 heterocycles. The molecule has 3 aromatic rings. The number of benzene rings is 1. The second-order valence-corrected chi connectivity index (χ2v) is 10.5. The van der Waals surface area contributed by atoms with Crippen molar-refractivity contribution in [2.24, 2.45) is 11.8 Å². The van der Waals surface area contributed by atoms with E-state index < -0.39 is 23.2 Å². The highest BCUT2D eigenvalue weighted by Crippen LogP contribution is 2.39. The summed E-state index contributed by atoms with van der Waals surface area (Å²) in [6, 6.07) is 6.25. The number of ether oxygens (including phenoxy) is 1. The van der Waals surface area contributed by atoms with Gasteiger partial charge in [-0.1, -0.05) is 6.07 Å². The number of alkyl halides is 3. The first-order valence-corrected chi connectivity index (χ1v) is 11.9. The second kappa shape index (κ2) is 8.63. The quantitative estimate of drug-likeness (QED) is 0.469. The SMILES string of the molecule is CC(C)(C)OC(=O)N1C[C@H]2CC[C@@H](C1)[C@@H]2Nc1nc2c(-c3ccc(F)c(C(F)(F)F)c3)cccn2n1. The molecule has 192 valence electrons. The Kier molecular flexibility index (Phi) is 5.83. The van der Waals surface area contributed by atoms with Gasteiger partial charge in [0, 0.05) is 30.9 Å². The lowest BCUT2D eigenvalue weighted by Crippen LogP contribution is -2.51. The van der Waals surface area contributed by atoms with Crippen molar-refractivity contribution >= 4 is 17.7 Å². The van der Waals surface area contributed by atoms with Crippen LogP contribution in [0.15, 0.2) is 36.5 Å². The normalized spacial score (nSPS) is 22.2. The van der Waals surface area contributed by atoms with Crippen molar-refractivity contribution in [3.63, 3.8) is 0 Å². The Labute approximate surface area is 205 Å². The van der Waals surface area contributed by atoms with E-state index in [-0.39, 0.29) is 29.5 Å². The maximum atomic E-state index is 13.8. The number of hydrogen-bond acceptors (Lipinski definition) is 5. The monoisotopic (exact) mass is 505 g/mol. The van der Waals surface area contributed by atoms with Crippen LogP contribution >= 0.6 is 0 Å². The van der Waals surface area contributed by atoms with Crippen LogP contribution in [0.1, 0.15) is 39.2 Å². The molecular weight excluding hydrogens is 478 g/mol. The number of rotatable bonds is 3. The molecule has 2 aliphatic rings. The first-order valence-electron chi connectivity index (χ1n) is 11.9. The molecule has 5 rings (SSSR count). The van der Waals surface area contributed by atoms with E-state index in [1.165, 1.54) is 10.6 Å². The summed E-state index contributed by atoms with van der Waals surface area (Å²) in [6.45, 7) is 6.65. The lowest BCUT2D eigenvalue weighted by Gasteiger charge is -2.38. The molecule has 7 nitrogen and oxygen atoms in total. The Morgan fingerprint density at radius 3 is 2.44 bits per heavy atom. The molecule has 1 amide bonds. The third kappa shape index (κ3) is 4.70. The first kappa shape index (κ1) is 24.3. The number of aromatic nitrogens is 3.